The third kappa shape index (κ3) is 10.0. The first-order valence-corrected chi connectivity index (χ1v) is 9.65. The van der Waals surface area contributed by atoms with E-state index in [0.29, 0.717) is 6.42 Å². The van der Waals surface area contributed by atoms with Crippen LogP contribution in [0.1, 0.15) is 96.8 Å². The van der Waals surface area contributed by atoms with Crippen molar-refractivity contribution < 1.29 is 19.8 Å². The zero-order valence-corrected chi connectivity index (χ0v) is 15.4. The monoisotopic (exact) mass is 343 g/mol. The molecular weight excluding hydrogens is 306 g/mol. The summed E-state index contributed by atoms with van der Waals surface area (Å²) < 4.78 is 0. The molecular formula is C19H37NO4. The normalized spacial score (nSPS) is 13.6. The molecule has 0 rings (SSSR count). The van der Waals surface area contributed by atoms with E-state index in [-0.39, 0.29) is 6.42 Å². The Morgan fingerprint density at radius 1 is 0.792 bits per heavy atom. The summed E-state index contributed by atoms with van der Waals surface area (Å²) in [7, 11) is 0. The van der Waals surface area contributed by atoms with Gasteiger partial charge in [-0.25, -0.2) is 0 Å². The van der Waals surface area contributed by atoms with Crippen molar-refractivity contribution in [3.8, 4) is 0 Å². The number of primary amides is 1. The fourth-order valence-electron chi connectivity index (χ4n) is 2.81. The number of hydrogen-bond donors (Lipinski definition) is 3. The second-order valence-electron chi connectivity index (χ2n) is 6.80. The Labute approximate surface area is 147 Å². The van der Waals surface area contributed by atoms with Gasteiger partial charge in [0.15, 0.2) is 5.78 Å². The number of ketones is 1. The van der Waals surface area contributed by atoms with Crippen LogP contribution in [0.3, 0.4) is 0 Å². The Hall–Kier alpha value is -0.940. The van der Waals surface area contributed by atoms with Crippen molar-refractivity contribution in [2.75, 3.05) is 6.61 Å². The van der Waals surface area contributed by atoms with Gasteiger partial charge in [-0.3, -0.25) is 9.59 Å². The molecule has 0 aliphatic rings. The lowest BCUT2D eigenvalue weighted by Gasteiger charge is -2.20. The van der Waals surface area contributed by atoms with Crippen LogP contribution < -0.4 is 5.73 Å². The van der Waals surface area contributed by atoms with Gasteiger partial charge in [-0.2, -0.15) is 0 Å². The van der Waals surface area contributed by atoms with Gasteiger partial charge >= 0.3 is 0 Å². The van der Waals surface area contributed by atoms with E-state index in [9.17, 15) is 14.7 Å². The smallest absolute Gasteiger partial charge is 0.259 e. The van der Waals surface area contributed by atoms with E-state index in [2.05, 4.69) is 6.92 Å². The Morgan fingerprint density at radius 2 is 1.17 bits per heavy atom. The number of carbonyl (C=O) groups is 2. The van der Waals surface area contributed by atoms with Gasteiger partial charge in [-0.05, 0) is 6.42 Å². The number of carbonyl (C=O) groups excluding carboxylic acids is 2. The van der Waals surface area contributed by atoms with Crippen LogP contribution in [0.2, 0.25) is 0 Å². The highest BCUT2D eigenvalue weighted by Gasteiger charge is 2.40. The Kier molecular flexibility index (Phi) is 13.8. The van der Waals surface area contributed by atoms with Gasteiger partial charge in [0.05, 0.1) is 6.61 Å². The molecule has 5 heteroatoms. The molecule has 0 aliphatic carbocycles. The first kappa shape index (κ1) is 23.1. The van der Waals surface area contributed by atoms with E-state index >= 15 is 0 Å². The Morgan fingerprint density at radius 3 is 1.50 bits per heavy atom. The van der Waals surface area contributed by atoms with Crippen LogP contribution in [-0.2, 0) is 9.59 Å². The van der Waals surface area contributed by atoms with Crippen molar-refractivity contribution in [3.63, 3.8) is 0 Å². The average molecular weight is 344 g/mol. The summed E-state index contributed by atoms with van der Waals surface area (Å²) in [5, 5.41) is 18.6. The SMILES string of the molecule is CCCCCCCCCCCCCCCC(=O)C(O)(CO)C(N)=O. The van der Waals surface area contributed by atoms with Gasteiger partial charge in [0, 0.05) is 6.42 Å². The second kappa shape index (κ2) is 14.4. The minimum absolute atomic E-state index is 0.0811. The van der Waals surface area contributed by atoms with Gasteiger partial charge in [0.25, 0.3) is 5.91 Å². The minimum Gasteiger partial charge on any atom is -0.392 e. The predicted molar refractivity (Wildman–Crippen MR) is 96.5 cm³/mol. The average Bonchev–Trinajstić information content (AvgIpc) is 2.57. The molecule has 0 aromatic carbocycles. The Balaban J connectivity index is 3.45. The minimum atomic E-state index is -2.41. The molecule has 0 saturated heterocycles. The van der Waals surface area contributed by atoms with E-state index in [1.165, 1.54) is 57.8 Å². The lowest BCUT2D eigenvalue weighted by atomic mass is 9.94. The molecule has 5 nitrogen and oxygen atoms in total. The zero-order chi connectivity index (χ0) is 18.3. The van der Waals surface area contributed by atoms with E-state index in [1.54, 1.807) is 0 Å². The van der Waals surface area contributed by atoms with Gasteiger partial charge in [0.2, 0.25) is 5.60 Å². The lowest BCUT2D eigenvalue weighted by molar-refractivity contribution is -0.154. The quantitative estimate of drug-likeness (QED) is 0.279. The summed E-state index contributed by atoms with van der Waals surface area (Å²) >= 11 is 0. The fourth-order valence-corrected chi connectivity index (χ4v) is 2.81. The standard InChI is InChI=1S/C19H37NO4/c1-2-3-4-5-6-7-8-9-10-11-12-13-14-15-17(22)19(24,16-21)18(20)23/h21,24H,2-16H2,1H3,(H2,20,23). The zero-order valence-electron chi connectivity index (χ0n) is 15.4. The molecule has 0 radical (unpaired) electrons. The summed E-state index contributed by atoms with van der Waals surface area (Å²) in [6.07, 6.45) is 15.7. The van der Waals surface area contributed by atoms with Crippen LogP contribution in [0.5, 0.6) is 0 Å². The summed E-state index contributed by atoms with van der Waals surface area (Å²) in [6, 6.07) is 0. The van der Waals surface area contributed by atoms with Gasteiger partial charge in [-0.1, -0.05) is 84.0 Å². The van der Waals surface area contributed by atoms with Crippen LogP contribution in [-0.4, -0.2) is 34.1 Å². The lowest BCUT2D eigenvalue weighted by Crippen LogP contribution is -2.53. The van der Waals surface area contributed by atoms with Gasteiger partial charge in [-0.15, -0.1) is 0 Å². The first-order chi connectivity index (χ1) is 11.5. The van der Waals surface area contributed by atoms with Crippen LogP contribution >= 0.6 is 0 Å². The number of aliphatic hydroxyl groups is 2. The van der Waals surface area contributed by atoms with E-state index in [4.69, 9.17) is 10.8 Å². The van der Waals surface area contributed by atoms with Crippen molar-refractivity contribution in [1.29, 1.82) is 0 Å². The molecule has 1 amide bonds. The largest absolute Gasteiger partial charge is 0.392 e. The van der Waals surface area contributed by atoms with Gasteiger partial charge in [0.1, 0.15) is 0 Å². The maximum Gasteiger partial charge on any atom is 0.259 e. The highest BCUT2D eigenvalue weighted by molar-refractivity contribution is 6.08. The molecule has 0 aromatic heterocycles. The number of rotatable bonds is 17. The number of amides is 1. The van der Waals surface area contributed by atoms with E-state index < -0.39 is 23.9 Å². The molecule has 0 aliphatic heterocycles. The third-order valence-corrected chi connectivity index (χ3v) is 4.61. The van der Waals surface area contributed by atoms with Crippen LogP contribution in [0.25, 0.3) is 0 Å². The number of aliphatic hydroxyl groups excluding tert-OH is 1. The molecule has 1 unspecified atom stereocenters. The topological polar surface area (TPSA) is 101 Å². The molecule has 0 spiro atoms. The maximum atomic E-state index is 11.7. The molecule has 0 fully saturated rings. The van der Waals surface area contributed by atoms with Crippen molar-refractivity contribution in [3.05, 3.63) is 0 Å². The first-order valence-electron chi connectivity index (χ1n) is 9.65. The summed E-state index contributed by atoms with van der Waals surface area (Å²) in [6.45, 7) is 1.29. The fraction of sp³-hybridized carbons (Fsp3) is 0.895. The molecule has 0 bridgehead atoms. The molecule has 0 aromatic rings. The number of nitrogens with two attached hydrogens (primary N) is 1. The highest BCUT2D eigenvalue weighted by atomic mass is 16.4. The molecule has 1 atom stereocenters. The molecule has 0 heterocycles. The second-order valence-corrected chi connectivity index (χ2v) is 6.80. The summed E-state index contributed by atoms with van der Waals surface area (Å²) in [5.41, 5.74) is 2.55. The molecule has 0 saturated carbocycles. The van der Waals surface area contributed by atoms with Gasteiger partial charge < -0.3 is 15.9 Å². The summed E-state index contributed by atoms with van der Waals surface area (Å²) in [4.78, 5) is 22.7. The van der Waals surface area contributed by atoms with E-state index in [0.717, 1.165) is 19.3 Å². The number of unbranched alkanes of at least 4 members (excludes halogenated alkanes) is 12. The van der Waals surface area contributed by atoms with Crippen LogP contribution in [0.4, 0.5) is 0 Å². The summed E-state index contributed by atoms with van der Waals surface area (Å²) in [5.74, 6) is -1.86. The van der Waals surface area contributed by atoms with Crippen molar-refractivity contribution in [2.45, 2.75) is 102 Å². The highest BCUT2D eigenvalue weighted by Crippen LogP contribution is 2.15. The Bertz CT molecular complexity index is 346. The van der Waals surface area contributed by atoms with E-state index in [1.807, 2.05) is 0 Å². The third-order valence-electron chi connectivity index (χ3n) is 4.61. The number of hydrogen-bond acceptors (Lipinski definition) is 4. The molecule has 142 valence electrons. The van der Waals surface area contributed by atoms with Crippen LogP contribution in [0.15, 0.2) is 0 Å². The van der Waals surface area contributed by atoms with Crippen molar-refractivity contribution in [2.24, 2.45) is 5.73 Å². The number of Topliss-reactive ketones (excluding diaryl/α,β-unsaturated/α-hetero) is 1. The maximum absolute atomic E-state index is 11.7. The van der Waals surface area contributed by atoms with Crippen molar-refractivity contribution in [1.82, 2.24) is 0 Å². The molecule has 24 heavy (non-hydrogen) atoms. The molecule has 4 N–H and O–H groups in total. The van der Waals surface area contributed by atoms with Crippen molar-refractivity contribution >= 4 is 11.7 Å². The van der Waals surface area contributed by atoms with Crippen LogP contribution in [0, 0.1) is 0 Å². The predicted octanol–water partition coefficient (Wildman–Crippen LogP) is 3.25.